The average Bonchev–Trinajstić information content (AvgIpc) is 2.86. The number of furan rings is 1. The summed E-state index contributed by atoms with van der Waals surface area (Å²) in [6.07, 6.45) is 1.91. The standard InChI is InChI=1S/C15H28N2O3S/c1-6-12(7-2)10-17-21(18,19)14-9-8-13(20-14)11-16-15(3,4)5/h8-9,12,16-17H,6-7,10-11H2,1-5H3. The van der Waals surface area contributed by atoms with E-state index in [2.05, 4.69) is 23.9 Å². The number of hydrogen-bond acceptors (Lipinski definition) is 4. The third-order valence-corrected chi connectivity index (χ3v) is 4.71. The lowest BCUT2D eigenvalue weighted by molar-refractivity contribution is 0.358. The summed E-state index contributed by atoms with van der Waals surface area (Å²) in [5.74, 6) is 0.976. The summed E-state index contributed by atoms with van der Waals surface area (Å²) >= 11 is 0. The van der Waals surface area contributed by atoms with E-state index in [1.54, 1.807) is 6.07 Å². The van der Waals surface area contributed by atoms with E-state index in [-0.39, 0.29) is 10.6 Å². The molecule has 0 amide bonds. The molecule has 0 aliphatic carbocycles. The fourth-order valence-corrected chi connectivity index (χ4v) is 2.89. The third-order valence-electron chi connectivity index (χ3n) is 3.41. The van der Waals surface area contributed by atoms with Crippen LogP contribution in [0.3, 0.4) is 0 Å². The minimum Gasteiger partial charge on any atom is -0.447 e. The monoisotopic (exact) mass is 316 g/mol. The largest absolute Gasteiger partial charge is 0.447 e. The maximum absolute atomic E-state index is 12.2. The Labute approximate surface area is 128 Å². The fourth-order valence-electron chi connectivity index (χ4n) is 1.83. The van der Waals surface area contributed by atoms with Gasteiger partial charge in [0.2, 0.25) is 5.09 Å². The zero-order chi connectivity index (χ0) is 16.1. The van der Waals surface area contributed by atoms with Crippen molar-refractivity contribution in [2.24, 2.45) is 5.92 Å². The molecule has 5 nitrogen and oxygen atoms in total. The molecule has 1 aromatic rings. The molecule has 1 aromatic heterocycles. The molecule has 1 heterocycles. The van der Waals surface area contributed by atoms with Gasteiger partial charge >= 0.3 is 0 Å². The number of sulfonamides is 1. The van der Waals surface area contributed by atoms with Gasteiger partial charge in [-0.15, -0.1) is 0 Å². The molecule has 6 heteroatoms. The van der Waals surface area contributed by atoms with Crippen LogP contribution in [0.25, 0.3) is 0 Å². The van der Waals surface area contributed by atoms with Crippen molar-refractivity contribution in [1.82, 2.24) is 10.0 Å². The van der Waals surface area contributed by atoms with Crippen LogP contribution in [0.1, 0.15) is 53.2 Å². The summed E-state index contributed by atoms with van der Waals surface area (Å²) < 4.78 is 32.4. The maximum atomic E-state index is 12.2. The van der Waals surface area contributed by atoms with Crippen LogP contribution in [0, 0.1) is 5.92 Å². The predicted octanol–water partition coefficient (Wildman–Crippen LogP) is 2.88. The van der Waals surface area contributed by atoms with Crippen LogP contribution in [-0.4, -0.2) is 20.5 Å². The first kappa shape index (κ1) is 18.2. The van der Waals surface area contributed by atoms with Crippen LogP contribution in [0.15, 0.2) is 21.6 Å². The molecule has 0 saturated carbocycles. The lowest BCUT2D eigenvalue weighted by Gasteiger charge is -2.19. The van der Waals surface area contributed by atoms with E-state index in [1.807, 2.05) is 20.8 Å². The Morgan fingerprint density at radius 3 is 2.33 bits per heavy atom. The van der Waals surface area contributed by atoms with Gasteiger partial charge in [-0.2, -0.15) is 0 Å². The minimum atomic E-state index is -3.55. The molecular weight excluding hydrogens is 288 g/mol. The van der Waals surface area contributed by atoms with Gasteiger partial charge in [-0.25, -0.2) is 13.1 Å². The molecule has 0 fully saturated rings. The number of rotatable bonds is 8. The predicted molar refractivity (Wildman–Crippen MR) is 84.6 cm³/mol. The van der Waals surface area contributed by atoms with E-state index < -0.39 is 10.0 Å². The van der Waals surface area contributed by atoms with E-state index in [0.29, 0.717) is 24.8 Å². The molecule has 0 unspecified atom stereocenters. The Bertz CT molecular complexity index is 525. The lowest BCUT2D eigenvalue weighted by atomic mass is 10.0. The summed E-state index contributed by atoms with van der Waals surface area (Å²) in [6, 6.07) is 3.21. The normalized spacial score (nSPS) is 13.0. The molecule has 0 saturated heterocycles. The third kappa shape index (κ3) is 6.20. The van der Waals surface area contributed by atoms with Crippen molar-refractivity contribution in [3.8, 4) is 0 Å². The Hall–Kier alpha value is -0.850. The van der Waals surface area contributed by atoms with Gasteiger partial charge < -0.3 is 9.73 Å². The Morgan fingerprint density at radius 2 is 1.81 bits per heavy atom. The Balaban J connectivity index is 2.66. The van der Waals surface area contributed by atoms with Crippen LogP contribution >= 0.6 is 0 Å². The minimum absolute atomic E-state index is 0.0147. The summed E-state index contributed by atoms with van der Waals surface area (Å²) in [7, 11) is -3.55. The summed E-state index contributed by atoms with van der Waals surface area (Å²) in [5, 5.41) is 3.25. The first-order chi connectivity index (χ1) is 9.68. The van der Waals surface area contributed by atoms with Crippen molar-refractivity contribution in [3.05, 3.63) is 17.9 Å². The highest BCUT2D eigenvalue weighted by Crippen LogP contribution is 2.15. The van der Waals surface area contributed by atoms with Gasteiger partial charge in [0.1, 0.15) is 5.76 Å². The van der Waals surface area contributed by atoms with E-state index in [4.69, 9.17) is 4.42 Å². The van der Waals surface area contributed by atoms with Gasteiger partial charge in [0.15, 0.2) is 0 Å². The average molecular weight is 316 g/mol. The first-order valence-electron chi connectivity index (χ1n) is 7.51. The molecule has 122 valence electrons. The van der Waals surface area contributed by atoms with Gasteiger partial charge in [0.25, 0.3) is 10.0 Å². The molecule has 2 N–H and O–H groups in total. The molecule has 1 rings (SSSR count). The molecule has 0 radical (unpaired) electrons. The smallest absolute Gasteiger partial charge is 0.273 e. The Morgan fingerprint density at radius 1 is 1.19 bits per heavy atom. The SMILES string of the molecule is CCC(CC)CNS(=O)(=O)c1ccc(CNC(C)(C)C)o1. The van der Waals surface area contributed by atoms with Crippen LogP contribution in [-0.2, 0) is 16.6 Å². The number of hydrogen-bond donors (Lipinski definition) is 2. The van der Waals surface area contributed by atoms with E-state index in [9.17, 15) is 8.42 Å². The van der Waals surface area contributed by atoms with E-state index in [1.165, 1.54) is 6.07 Å². The van der Waals surface area contributed by atoms with Gasteiger partial charge in [-0.3, -0.25) is 0 Å². The highest BCUT2D eigenvalue weighted by Gasteiger charge is 2.20. The lowest BCUT2D eigenvalue weighted by Crippen LogP contribution is -2.34. The molecule has 0 bridgehead atoms. The van der Waals surface area contributed by atoms with E-state index >= 15 is 0 Å². The molecule has 0 spiro atoms. The second-order valence-corrected chi connectivity index (χ2v) is 8.06. The molecule has 0 aliphatic heterocycles. The van der Waals surface area contributed by atoms with Crippen molar-refractivity contribution in [1.29, 1.82) is 0 Å². The van der Waals surface area contributed by atoms with Crippen LogP contribution in [0.4, 0.5) is 0 Å². The number of nitrogens with one attached hydrogen (secondary N) is 2. The topological polar surface area (TPSA) is 71.3 Å². The van der Waals surface area contributed by atoms with Crippen LogP contribution < -0.4 is 10.0 Å². The van der Waals surface area contributed by atoms with Gasteiger partial charge in [-0.05, 0) is 38.8 Å². The van der Waals surface area contributed by atoms with Crippen molar-refractivity contribution in [2.45, 2.75) is 64.6 Å². The molecule has 0 aromatic carbocycles. The van der Waals surface area contributed by atoms with Crippen LogP contribution in [0.5, 0.6) is 0 Å². The quantitative estimate of drug-likeness (QED) is 0.773. The molecule has 0 atom stereocenters. The van der Waals surface area contributed by atoms with Crippen LogP contribution in [0.2, 0.25) is 0 Å². The highest BCUT2D eigenvalue weighted by atomic mass is 32.2. The summed E-state index contributed by atoms with van der Waals surface area (Å²) in [5.41, 5.74) is -0.0421. The maximum Gasteiger partial charge on any atom is 0.273 e. The molecular formula is C15H28N2O3S. The summed E-state index contributed by atoms with van der Waals surface area (Å²) in [4.78, 5) is 0. The van der Waals surface area contributed by atoms with Gasteiger partial charge in [0.05, 0.1) is 6.54 Å². The second-order valence-electron chi connectivity index (χ2n) is 6.36. The first-order valence-corrected chi connectivity index (χ1v) is 8.99. The molecule has 21 heavy (non-hydrogen) atoms. The van der Waals surface area contributed by atoms with E-state index in [0.717, 1.165) is 12.8 Å². The molecule has 0 aliphatic rings. The van der Waals surface area contributed by atoms with Crippen molar-refractivity contribution < 1.29 is 12.8 Å². The van der Waals surface area contributed by atoms with Crippen molar-refractivity contribution in [3.63, 3.8) is 0 Å². The fraction of sp³-hybridized carbons (Fsp3) is 0.733. The zero-order valence-electron chi connectivity index (χ0n) is 13.7. The van der Waals surface area contributed by atoms with Crippen molar-refractivity contribution in [2.75, 3.05) is 6.54 Å². The Kier molecular flexibility index (Phi) is 6.43. The van der Waals surface area contributed by atoms with Gasteiger partial charge in [0, 0.05) is 12.1 Å². The zero-order valence-corrected chi connectivity index (χ0v) is 14.5. The highest BCUT2D eigenvalue weighted by molar-refractivity contribution is 7.89. The van der Waals surface area contributed by atoms with Crippen molar-refractivity contribution >= 4 is 10.0 Å². The summed E-state index contributed by atoms with van der Waals surface area (Å²) in [6.45, 7) is 11.2. The second kappa shape index (κ2) is 7.42. The van der Waals surface area contributed by atoms with Gasteiger partial charge in [-0.1, -0.05) is 26.7 Å².